The van der Waals surface area contributed by atoms with Crippen LogP contribution < -0.4 is 4.90 Å². The van der Waals surface area contributed by atoms with Crippen molar-refractivity contribution in [3.8, 4) is 77.9 Å². The largest absolute Gasteiger partial charge is 0.310 e. The minimum Gasteiger partial charge on any atom is -0.310 e. The van der Waals surface area contributed by atoms with Crippen LogP contribution in [0.15, 0.2) is 261 Å². The lowest BCUT2D eigenvalue weighted by atomic mass is 9.84. The van der Waals surface area contributed by atoms with Crippen molar-refractivity contribution in [2.75, 3.05) is 4.90 Å². The van der Waals surface area contributed by atoms with Crippen LogP contribution in [0.2, 0.25) is 0 Å². The molecule has 0 aliphatic rings. The fraction of sp³-hybridized carbons (Fsp3) is 0. The van der Waals surface area contributed by atoms with Crippen LogP contribution in [0, 0.1) is 0 Å². The molecule has 0 unspecified atom stereocenters. The first-order valence-corrected chi connectivity index (χ1v) is 20.9. The van der Waals surface area contributed by atoms with E-state index in [0.717, 1.165) is 22.6 Å². The van der Waals surface area contributed by atoms with Gasteiger partial charge in [-0.2, -0.15) is 0 Å². The molecule has 0 spiro atoms. The van der Waals surface area contributed by atoms with Crippen molar-refractivity contribution >= 4 is 17.1 Å². The first kappa shape index (κ1) is 37.3. The Kier molecular flexibility index (Phi) is 10.4. The van der Waals surface area contributed by atoms with E-state index in [9.17, 15) is 0 Å². The molecule has 1 heteroatoms. The van der Waals surface area contributed by atoms with E-state index in [1.165, 1.54) is 72.3 Å². The summed E-state index contributed by atoms with van der Waals surface area (Å²) in [6, 6.07) is 93.9. The molecule has 0 amide bonds. The molecule has 10 aromatic carbocycles. The van der Waals surface area contributed by atoms with Gasteiger partial charge in [0.2, 0.25) is 0 Å². The molecule has 61 heavy (non-hydrogen) atoms. The number of anilines is 3. The van der Waals surface area contributed by atoms with E-state index >= 15 is 0 Å². The molecule has 10 rings (SSSR count). The van der Waals surface area contributed by atoms with E-state index in [1.54, 1.807) is 0 Å². The van der Waals surface area contributed by atoms with Crippen molar-refractivity contribution < 1.29 is 0 Å². The predicted molar refractivity (Wildman–Crippen MR) is 259 cm³/mol. The van der Waals surface area contributed by atoms with Crippen molar-refractivity contribution in [2.45, 2.75) is 0 Å². The van der Waals surface area contributed by atoms with Crippen molar-refractivity contribution in [2.24, 2.45) is 0 Å². The van der Waals surface area contributed by atoms with Crippen molar-refractivity contribution in [1.82, 2.24) is 0 Å². The van der Waals surface area contributed by atoms with Gasteiger partial charge in [-0.05, 0) is 103 Å². The zero-order chi connectivity index (χ0) is 40.8. The van der Waals surface area contributed by atoms with Crippen molar-refractivity contribution in [3.05, 3.63) is 261 Å². The molecule has 288 valence electrons. The molecule has 0 fully saturated rings. The van der Waals surface area contributed by atoms with Gasteiger partial charge < -0.3 is 4.90 Å². The monoisotopic (exact) mass is 777 g/mol. The fourth-order valence-corrected chi connectivity index (χ4v) is 8.55. The zero-order valence-corrected chi connectivity index (χ0v) is 33.8. The number of rotatable bonds is 10. The first-order valence-electron chi connectivity index (χ1n) is 20.9. The Bertz CT molecular complexity index is 3010. The molecule has 0 atom stereocenters. The van der Waals surface area contributed by atoms with Gasteiger partial charge in [0.05, 0.1) is 5.69 Å². The van der Waals surface area contributed by atoms with Crippen molar-refractivity contribution in [1.29, 1.82) is 0 Å². The summed E-state index contributed by atoms with van der Waals surface area (Å²) >= 11 is 0. The fourth-order valence-electron chi connectivity index (χ4n) is 8.55. The third-order valence-electron chi connectivity index (χ3n) is 11.5. The number of nitrogens with zero attached hydrogens (tertiary/aromatic N) is 1. The van der Waals surface area contributed by atoms with Gasteiger partial charge in [0.25, 0.3) is 0 Å². The maximum absolute atomic E-state index is 2.39. The Balaban J connectivity index is 1.08. The second-order valence-electron chi connectivity index (χ2n) is 15.3. The van der Waals surface area contributed by atoms with E-state index in [-0.39, 0.29) is 0 Å². The second kappa shape index (κ2) is 17.1. The summed E-state index contributed by atoms with van der Waals surface area (Å²) in [5.41, 5.74) is 20.0. The number of benzene rings is 10. The number of hydrogen-bond acceptors (Lipinski definition) is 1. The maximum atomic E-state index is 2.39. The lowest BCUT2D eigenvalue weighted by molar-refractivity contribution is 1.28. The average Bonchev–Trinajstić information content (AvgIpc) is 3.35. The minimum absolute atomic E-state index is 1.08. The van der Waals surface area contributed by atoms with E-state index in [2.05, 4.69) is 266 Å². The van der Waals surface area contributed by atoms with E-state index in [1.807, 2.05) is 0 Å². The SMILES string of the molecule is c1ccc(-c2ccc(-c3ccc(N(c4ccc(-c5cccc(-c6ccccc6)c5-c5ccccc5-c5ccccc5)cc4)c4ccccc4-c4ccccc4)cc3)cc2)cc1. The highest BCUT2D eigenvalue weighted by molar-refractivity contribution is 6.00. The van der Waals surface area contributed by atoms with E-state index in [4.69, 9.17) is 0 Å². The minimum atomic E-state index is 1.08. The molecule has 0 aliphatic carbocycles. The summed E-state index contributed by atoms with van der Waals surface area (Å²) in [6.07, 6.45) is 0. The average molecular weight is 778 g/mol. The van der Waals surface area contributed by atoms with Crippen molar-refractivity contribution in [3.63, 3.8) is 0 Å². The number of hydrogen-bond donors (Lipinski definition) is 0. The summed E-state index contributed by atoms with van der Waals surface area (Å²) < 4.78 is 0. The molecule has 0 aromatic heterocycles. The zero-order valence-electron chi connectivity index (χ0n) is 33.8. The molecular weight excluding hydrogens is 735 g/mol. The highest BCUT2D eigenvalue weighted by Gasteiger charge is 2.20. The summed E-state index contributed by atoms with van der Waals surface area (Å²) in [4.78, 5) is 2.39. The quantitative estimate of drug-likeness (QED) is 0.134. The maximum Gasteiger partial charge on any atom is 0.0540 e. The van der Waals surface area contributed by atoms with Crippen LogP contribution in [0.25, 0.3) is 77.9 Å². The lowest BCUT2D eigenvalue weighted by Gasteiger charge is -2.28. The highest BCUT2D eigenvalue weighted by atomic mass is 15.1. The first-order chi connectivity index (χ1) is 30.3. The van der Waals surface area contributed by atoms with Gasteiger partial charge in [0, 0.05) is 16.9 Å². The van der Waals surface area contributed by atoms with Crippen LogP contribution in [0.3, 0.4) is 0 Å². The lowest BCUT2D eigenvalue weighted by Crippen LogP contribution is -2.11. The molecule has 0 N–H and O–H groups in total. The van der Waals surface area contributed by atoms with E-state index < -0.39 is 0 Å². The van der Waals surface area contributed by atoms with Gasteiger partial charge in [-0.15, -0.1) is 0 Å². The topological polar surface area (TPSA) is 3.24 Å². The third kappa shape index (κ3) is 7.69. The predicted octanol–water partition coefficient (Wildman–Crippen LogP) is 16.8. The van der Waals surface area contributed by atoms with Gasteiger partial charge in [-0.25, -0.2) is 0 Å². The molecule has 0 bridgehead atoms. The van der Waals surface area contributed by atoms with Crippen LogP contribution >= 0.6 is 0 Å². The standard InChI is InChI=1S/C60H43N/c1-5-18-44(19-6-1)45-32-34-46(35-33-45)47-36-40-52(41-37-47)61(59-31-16-15-27-55(59)49-22-9-3-10-23-49)53-42-38-51(39-43-53)57-30-17-29-56(50-24-11-4-12-25-50)60(57)58-28-14-13-26-54(58)48-20-7-2-8-21-48/h1-43H. The Labute approximate surface area is 359 Å². The van der Waals surface area contributed by atoms with Gasteiger partial charge >= 0.3 is 0 Å². The molecule has 0 radical (unpaired) electrons. The summed E-state index contributed by atoms with van der Waals surface area (Å²) in [7, 11) is 0. The summed E-state index contributed by atoms with van der Waals surface area (Å²) in [6.45, 7) is 0. The van der Waals surface area contributed by atoms with Gasteiger partial charge in [-0.3, -0.25) is 0 Å². The Morgan fingerprint density at radius 3 is 0.967 bits per heavy atom. The molecular formula is C60H43N. The third-order valence-corrected chi connectivity index (χ3v) is 11.5. The van der Waals surface area contributed by atoms with Crippen LogP contribution in [0.5, 0.6) is 0 Å². The van der Waals surface area contributed by atoms with Gasteiger partial charge in [0.1, 0.15) is 0 Å². The van der Waals surface area contributed by atoms with Gasteiger partial charge in [-0.1, -0.05) is 231 Å². The summed E-state index contributed by atoms with van der Waals surface area (Å²) in [5, 5.41) is 0. The Hall–Kier alpha value is -8.00. The van der Waals surface area contributed by atoms with Crippen LogP contribution in [-0.4, -0.2) is 0 Å². The molecule has 0 heterocycles. The van der Waals surface area contributed by atoms with E-state index in [0.29, 0.717) is 0 Å². The molecule has 1 nitrogen and oxygen atoms in total. The smallest absolute Gasteiger partial charge is 0.0540 e. The van der Waals surface area contributed by atoms with Gasteiger partial charge in [0.15, 0.2) is 0 Å². The Morgan fingerprint density at radius 2 is 0.475 bits per heavy atom. The normalized spacial score (nSPS) is 11.0. The second-order valence-corrected chi connectivity index (χ2v) is 15.3. The molecule has 0 aliphatic heterocycles. The molecule has 0 saturated heterocycles. The molecule has 10 aromatic rings. The van der Waals surface area contributed by atoms with Crippen LogP contribution in [0.4, 0.5) is 17.1 Å². The Morgan fingerprint density at radius 1 is 0.180 bits per heavy atom. The molecule has 0 saturated carbocycles. The van der Waals surface area contributed by atoms with Crippen LogP contribution in [0.1, 0.15) is 0 Å². The summed E-state index contributed by atoms with van der Waals surface area (Å²) in [5.74, 6) is 0. The number of para-hydroxylation sites is 1. The van der Waals surface area contributed by atoms with Crippen LogP contribution in [-0.2, 0) is 0 Å². The highest BCUT2D eigenvalue weighted by Crippen LogP contribution is 2.46.